The lowest BCUT2D eigenvalue weighted by Crippen LogP contribution is -2.38. The van der Waals surface area contributed by atoms with Crippen molar-refractivity contribution in [1.82, 2.24) is 14.9 Å². The Morgan fingerprint density at radius 2 is 1.95 bits per heavy atom. The minimum absolute atomic E-state index is 0.0522. The molecule has 1 N–H and O–H groups in total. The largest absolute Gasteiger partial charge is 0.330 e. The molecule has 0 aliphatic heterocycles. The van der Waals surface area contributed by atoms with E-state index in [9.17, 15) is 4.79 Å². The summed E-state index contributed by atoms with van der Waals surface area (Å²) < 4.78 is 1.45. The maximum Gasteiger partial charge on any atom is 0.327 e. The van der Waals surface area contributed by atoms with Crippen molar-refractivity contribution in [3.8, 4) is 0 Å². The second-order valence-electron chi connectivity index (χ2n) is 5.63. The van der Waals surface area contributed by atoms with Crippen molar-refractivity contribution < 1.29 is 4.79 Å². The van der Waals surface area contributed by atoms with Crippen LogP contribution in [0.4, 0.5) is 4.79 Å². The van der Waals surface area contributed by atoms with Crippen molar-refractivity contribution in [2.45, 2.75) is 26.8 Å². The first-order valence-electron chi connectivity index (χ1n) is 6.32. The fourth-order valence-electron chi connectivity index (χ4n) is 2.02. The average Bonchev–Trinajstić information content (AvgIpc) is 2.89. The van der Waals surface area contributed by atoms with E-state index < -0.39 is 0 Å². The predicted molar refractivity (Wildman–Crippen MR) is 74.8 cm³/mol. The molecular weight excluding hydrogens is 238 g/mol. The Hall–Kier alpha value is -2.10. The number of carbonyl (C=O) groups is 1. The molecule has 0 fully saturated rings. The van der Waals surface area contributed by atoms with E-state index >= 15 is 0 Å². The molecular formula is C15H19N3O. The summed E-state index contributed by atoms with van der Waals surface area (Å²) in [4.78, 5) is 16.0. The zero-order valence-corrected chi connectivity index (χ0v) is 11.5. The van der Waals surface area contributed by atoms with E-state index in [0.717, 1.165) is 5.56 Å². The number of aromatic nitrogens is 2. The molecule has 19 heavy (non-hydrogen) atoms. The average molecular weight is 257 g/mol. The molecule has 0 aliphatic carbocycles. The van der Waals surface area contributed by atoms with Crippen molar-refractivity contribution in [2.24, 2.45) is 5.41 Å². The van der Waals surface area contributed by atoms with Crippen molar-refractivity contribution >= 4 is 6.03 Å². The van der Waals surface area contributed by atoms with Gasteiger partial charge in [0, 0.05) is 12.4 Å². The van der Waals surface area contributed by atoms with Gasteiger partial charge in [-0.05, 0) is 11.0 Å². The van der Waals surface area contributed by atoms with Gasteiger partial charge in [0.05, 0.1) is 6.04 Å². The molecule has 0 saturated heterocycles. The Morgan fingerprint density at radius 1 is 1.26 bits per heavy atom. The van der Waals surface area contributed by atoms with Crippen LogP contribution in [0.5, 0.6) is 0 Å². The van der Waals surface area contributed by atoms with E-state index in [0.29, 0.717) is 0 Å². The van der Waals surface area contributed by atoms with E-state index in [1.54, 1.807) is 12.4 Å². The van der Waals surface area contributed by atoms with Gasteiger partial charge in [0.2, 0.25) is 0 Å². The van der Waals surface area contributed by atoms with Crippen LogP contribution in [-0.2, 0) is 0 Å². The maximum absolute atomic E-state index is 12.1. The normalized spacial score (nSPS) is 13.0. The van der Waals surface area contributed by atoms with Gasteiger partial charge in [0.25, 0.3) is 0 Å². The fourth-order valence-corrected chi connectivity index (χ4v) is 2.02. The van der Waals surface area contributed by atoms with Crippen LogP contribution in [0.3, 0.4) is 0 Å². The number of hydrogen-bond acceptors (Lipinski definition) is 2. The number of nitrogens with zero attached hydrogens (tertiary/aromatic N) is 2. The lowest BCUT2D eigenvalue weighted by Gasteiger charge is -2.31. The molecule has 0 saturated carbocycles. The molecule has 100 valence electrons. The van der Waals surface area contributed by atoms with E-state index in [2.05, 4.69) is 31.1 Å². The number of hydrogen-bond donors (Lipinski definition) is 1. The SMILES string of the molecule is CC(C)(C)C(NC(=O)n1ccnc1)c1ccccc1. The second-order valence-corrected chi connectivity index (χ2v) is 5.63. The van der Waals surface area contributed by atoms with Gasteiger partial charge in [0.15, 0.2) is 0 Å². The van der Waals surface area contributed by atoms with Crippen LogP contribution in [0, 0.1) is 5.41 Å². The van der Waals surface area contributed by atoms with Gasteiger partial charge in [-0.15, -0.1) is 0 Å². The summed E-state index contributed by atoms with van der Waals surface area (Å²) in [6, 6.07) is 9.79. The number of amides is 1. The van der Waals surface area contributed by atoms with E-state index in [-0.39, 0.29) is 17.5 Å². The van der Waals surface area contributed by atoms with Crippen LogP contribution in [-0.4, -0.2) is 15.6 Å². The molecule has 1 unspecified atom stereocenters. The summed E-state index contributed by atoms with van der Waals surface area (Å²) >= 11 is 0. The van der Waals surface area contributed by atoms with Crippen molar-refractivity contribution in [1.29, 1.82) is 0 Å². The molecule has 2 rings (SSSR count). The molecule has 4 heteroatoms. The third-order valence-corrected chi connectivity index (χ3v) is 3.01. The van der Waals surface area contributed by atoms with Gasteiger partial charge < -0.3 is 5.32 Å². The molecule has 0 bridgehead atoms. The molecule has 2 aromatic rings. The van der Waals surface area contributed by atoms with E-state index in [4.69, 9.17) is 0 Å². The summed E-state index contributed by atoms with van der Waals surface area (Å²) in [6.07, 6.45) is 4.73. The zero-order chi connectivity index (χ0) is 13.9. The minimum Gasteiger partial charge on any atom is -0.330 e. The number of carbonyl (C=O) groups excluding carboxylic acids is 1. The van der Waals surface area contributed by atoms with Gasteiger partial charge in [-0.25, -0.2) is 9.78 Å². The van der Waals surface area contributed by atoms with Gasteiger partial charge in [0.1, 0.15) is 6.33 Å². The monoisotopic (exact) mass is 257 g/mol. The quantitative estimate of drug-likeness (QED) is 0.897. The van der Waals surface area contributed by atoms with Gasteiger partial charge in [-0.2, -0.15) is 0 Å². The lowest BCUT2D eigenvalue weighted by atomic mass is 9.82. The Morgan fingerprint density at radius 3 is 2.47 bits per heavy atom. The first-order chi connectivity index (χ1) is 8.98. The highest BCUT2D eigenvalue weighted by Gasteiger charge is 2.27. The zero-order valence-electron chi connectivity index (χ0n) is 11.5. The van der Waals surface area contributed by atoms with E-state index in [1.165, 1.54) is 10.9 Å². The molecule has 1 heterocycles. The third-order valence-electron chi connectivity index (χ3n) is 3.01. The molecule has 1 aromatic carbocycles. The number of benzene rings is 1. The number of nitrogens with one attached hydrogen (secondary N) is 1. The molecule has 0 aliphatic rings. The smallest absolute Gasteiger partial charge is 0.327 e. The maximum atomic E-state index is 12.1. The highest BCUT2D eigenvalue weighted by atomic mass is 16.2. The predicted octanol–water partition coefficient (Wildman–Crippen LogP) is 3.23. The Bertz CT molecular complexity index is 526. The van der Waals surface area contributed by atoms with Crippen LogP contribution in [0.25, 0.3) is 0 Å². The molecule has 0 spiro atoms. The van der Waals surface area contributed by atoms with Crippen molar-refractivity contribution in [3.05, 3.63) is 54.6 Å². The van der Waals surface area contributed by atoms with Gasteiger partial charge >= 0.3 is 6.03 Å². The summed E-state index contributed by atoms with van der Waals surface area (Å²) in [7, 11) is 0. The fraction of sp³-hybridized carbons (Fsp3) is 0.333. The summed E-state index contributed by atoms with van der Waals surface area (Å²) in [5.41, 5.74) is 1.03. The Balaban J connectivity index is 2.23. The van der Waals surface area contributed by atoms with Crippen molar-refractivity contribution in [2.75, 3.05) is 0 Å². The summed E-state index contributed by atoms with van der Waals surface area (Å²) in [5, 5.41) is 3.06. The van der Waals surface area contributed by atoms with Crippen molar-refractivity contribution in [3.63, 3.8) is 0 Å². The van der Waals surface area contributed by atoms with Crippen LogP contribution < -0.4 is 5.32 Å². The van der Waals surface area contributed by atoms with Gasteiger partial charge in [-0.1, -0.05) is 51.1 Å². The van der Waals surface area contributed by atoms with Crippen LogP contribution in [0.1, 0.15) is 32.4 Å². The highest BCUT2D eigenvalue weighted by Crippen LogP contribution is 2.32. The number of imidazole rings is 1. The standard InChI is InChI=1S/C15H19N3O/c1-15(2,3)13(12-7-5-4-6-8-12)17-14(19)18-10-9-16-11-18/h4-11,13H,1-3H3,(H,17,19). The first-order valence-corrected chi connectivity index (χ1v) is 6.32. The summed E-state index contributed by atoms with van der Waals surface area (Å²) in [5.74, 6) is 0. The topological polar surface area (TPSA) is 46.9 Å². The molecule has 1 atom stereocenters. The Labute approximate surface area is 113 Å². The second kappa shape index (κ2) is 5.26. The van der Waals surface area contributed by atoms with Crippen LogP contribution in [0.15, 0.2) is 49.1 Å². The lowest BCUT2D eigenvalue weighted by molar-refractivity contribution is 0.220. The molecule has 1 amide bonds. The Kier molecular flexibility index (Phi) is 3.69. The van der Waals surface area contributed by atoms with Crippen LogP contribution in [0.2, 0.25) is 0 Å². The summed E-state index contributed by atoms with van der Waals surface area (Å²) in [6.45, 7) is 6.33. The molecule has 0 radical (unpaired) electrons. The van der Waals surface area contributed by atoms with Crippen LogP contribution >= 0.6 is 0 Å². The third kappa shape index (κ3) is 3.22. The molecule has 1 aromatic heterocycles. The highest BCUT2D eigenvalue weighted by molar-refractivity contribution is 5.77. The van der Waals surface area contributed by atoms with E-state index in [1.807, 2.05) is 30.3 Å². The first kappa shape index (κ1) is 13.3. The number of rotatable bonds is 2. The molecule has 4 nitrogen and oxygen atoms in total. The van der Waals surface area contributed by atoms with Gasteiger partial charge in [-0.3, -0.25) is 4.57 Å². The minimum atomic E-state index is -0.165.